The lowest BCUT2D eigenvalue weighted by Gasteiger charge is -2.19. The second-order valence-corrected chi connectivity index (χ2v) is 6.72. The van der Waals surface area contributed by atoms with Crippen LogP contribution < -0.4 is 11.1 Å². The van der Waals surface area contributed by atoms with Crippen LogP contribution in [0.3, 0.4) is 0 Å². The van der Waals surface area contributed by atoms with Crippen molar-refractivity contribution in [3.63, 3.8) is 0 Å². The summed E-state index contributed by atoms with van der Waals surface area (Å²) in [5, 5.41) is 4.61. The molecule has 1 aliphatic rings. The number of benzene rings is 1. The first-order valence-electron chi connectivity index (χ1n) is 7.03. The summed E-state index contributed by atoms with van der Waals surface area (Å²) in [5.41, 5.74) is 8.93. The standard InChI is InChI=1S/C16H16N4S/c1-9-6-12-15(18-8-19-16(12)21-9)20-14-11-5-3-2-4-10(11)7-13(14)17/h2-6,8,13-14H,7,17H2,1H3,(H,18,19,20). The highest BCUT2D eigenvalue weighted by molar-refractivity contribution is 7.18. The fourth-order valence-electron chi connectivity index (χ4n) is 3.05. The summed E-state index contributed by atoms with van der Waals surface area (Å²) in [4.78, 5) is 11.0. The molecule has 0 saturated carbocycles. The van der Waals surface area contributed by atoms with Crippen LogP contribution in [0.1, 0.15) is 22.0 Å². The van der Waals surface area contributed by atoms with Gasteiger partial charge in [-0.25, -0.2) is 9.97 Å². The van der Waals surface area contributed by atoms with Crippen molar-refractivity contribution < 1.29 is 0 Å². The van der Waals surface area contributed by atoms with Crippen molar-refractivity contribution in [3.05, 3.63) is 52.7 Å². The maximum atomic E-state index is 6.32. The van der Waals surface area contributed by atoms with Crippen LogP contribution in [-0.4, -0.2) is 16.0 Å². The van der Waals surface area contributed by atoms with Crippen molar-refractivity contribution in [3.8, 4) is 0 Å². The molecule has 1 aromatic carbocycles. The molecule has 0 bridgehead atoms. The van der Waals surface area contributed by atoms with Gasteiger partial charge in [-0.15, -0.1) is 11.3 Å². The van der Waals surface area contributed by atoms with Gasteiger partial charge in [0.15, 0.2) is 0 Å². The van der Waals surface area contributed by atoms with Gasteiger partial charge in [0.2, 0.25) is 0 Å². The van der Waals surface area contributed by atoms with E-state index in [9.17, 15) is 0 Å². The van der Waals surface area contributed by atoms with Gasteiger partial charge in [-0.3, -0.25) is 0 Å². The van der Waals surface area contributed by atoms with E-state index in [0.29, 0.717) is 0 Å². The molecular formula is C16H16N4S. The molecule has 2 heterocycles. The van der Waals surface area contributed by atoms with E-state index in [-0.39, 0.29) is 12.1 Å². The zero-order valence-corrected chi connectivity index (χ0v) is 12.5. The molecule has 21 heavy (non-hydrogen) atoms. The Labute approximate surface area is 127 Å². The normalized spacial score (nSPS) is 20.7. The van der Waals surface area contributed by atoms with Crippen molar-refractivity contribution in [1.82, 2.24) is 9.97 Å². The molecule has 106 valence electrons. The summed E-state index contributed by atoms with van der Waals surface area (Å²) in [6.45, 7) is 2.09. The van der Waals surface area contributed by atoms with Crippen LogP contribution in [0.25, 0.3) is 10.2 Å². The smallest absolute Gasteiger partial charge is 0.138 e. The van der Waals surface area contributed by atoms with E-state index in [4.69, 9.17) is 5.73 Å². The number of nitrogens with one attached hydrogen (secondary N) is 1. The predicted octanol–water partition coefficient (Wildman–Crippen LogP) is 3.04. The summed E-state index contributed by atoms with van der Waals surface area (Å²) >= 11 is 1.69. The molecule has 2 aromatic heterocycles. The SMILES string of the molecule is Cc1cc2c(NC3c4ccccc4CC3N)ncnc2s1. The summed E-state index contributed by atoms with van der Waals surface area (Å²) in [5.74, 6) is 0.876. The minimum Gasteiger partial charge on any atom is -0.361 e. The van der Waals surface area contributed by atoms with E-state index < -0.39 is 0 Å². The first kappa shape index (κ1) is 12.7. The zero-order chi connectivity index (χ0) is 14.4. The van der Waals surface area contributed by atoms with Gasteiger partial charge < -0.3 is 11.1 Å². The fourth-order valence-corrected chi connectivity index (χ4v) is 3.90. The summed E-state index contributed by atoms with van der Waals surface area (Å²) < 4.78 is 0. The molecule has 4 rings (SSSR count). The van der Waals surface area contributed by atoms with Crippen molar-refractivity contribution in [1.29, 1.82) is 0 Å². The van der Waals surface area contributed by atoms with Crippen molar-refractivity contribution in [2.75, 3.05) is 5.32 Å². The molecule has 0 fully saturated rings. The molecule has 2 atom stereocenters. The Kier molecular flexibility index (Phi) is 2.90. The van der Waals surface area contributed by atoms with E-state index in [1.807, 2.05) is 0 Å². The Morgan fingerprint density at radius 2 is 2.14 bits per heavy atom. The Hall–Kier alpha value is -1.98. The molecular weight excluding hydrogens is 280 g/mol. The molecule has 0 spiro atoms. The second kappa shape index (κ2) is 4.79. The third-order valence-electron chi connectivity index (χ3n) is 4.02. The molecule has 3 N–H and O–H groups in total. The number of nitrogens with zero attached hydrogens (tertiary/aromatic N) is 2. The van der Waals surface area contributed by atoms with Gasteiger partial charge in [0.25, 0.3) is 0 Å². The highest BCUT2D eigenvalue weighted by Crippen LogP contribution is 2.35. The number of hydrogen-bond acceptors (Lipinski definition) is 5. The number of nitrogens with two attached hydrogens (primary N) is 1. The molecule has 4 nitrogen and oxygen atoms in total. The average molecular weight is 296 g/mol. The molecule has 0 saturated heterocycles. The Bertz CT molecular complexity index is 811. The van der Waals surface area contributed by atoms with Gasteiger partial charge in [0, 0.05) is 10.9 Å². The molecule has 0 aliphatic heterocycles. The van der Waals surface area contributed by atoms with Gasteiger partial charge in [-0.1, -0.05) is 24.3 Å². The summed E-state index contributed by atoms with van der Waals surface area (Å²) in [7, 11) is 0. The van der Waals surface area contributed by atoms with Gasteiger partial charge in [-0.05, 0) is 30.5 Å². The van der Waals surface area contributed by atoms with Crippen molar-refractivity contribution in [2.24, 2.45) is 5.73 Å². The van der Waals surface area contributed by atoms with Gasteiger partial charge >= 0.3 is 0 Å². The lowest BCUT2D eigenvalue weighted by molar-refractivity contribution is 0.624. The maximum absolute atomic E-state index is 6.32. The summed E-state index contributed by atoms with van der Waals surface area (Å²) in [6.07, 6.45) is 2.53. The molecule has 2 unspecified atom stereocenters. The highest BCUT2D eigenvalue weighted by Gasteiger charge is 2.30. The quantitative estimate of drug-likeness (QED) is 0.763. The minimum absolute atomic E-state index is 0.0761. The predicted molar refractivity (Wildman–Crippen MR) is 86.6 cm³/mol. The van der Waals surface area contributed by atoms with Crippen molar-refractivity contribution in [2.45, 2.75) is 25.4 Å². The van der Waals surface area contributed by atoms with Crippen LogP contribution in [0.2, 0.25) is 0 Å². The fraction of sp³-hybridized carbons (Fsp3) is 0.250. The van der Waals surface area contributed by atoms with Gasteiger partial charge in [-0.2, -0.15) is 0 Å². The van der Waals surface area contributed by atoms with Gasteiger partial charge in [0.05, 0.1) is 11.4 Å². The molecule has 3 aromatic rings. The second-order valence-electron chi connectivity index (χ2n) is 5.49. The lowest BCUT2D eigenvalue weighted by Crippen LogP contribution is -2.30. The van der Waals surface area contributed by atoms with Crippen LogP contribution in [0.4, 0.5) is 5.82 Å². The third-order valence-corrected chi connectivity index (χ3v) is 4.98. The Balaban J connectivity index is 1.75. The number of aromatic nitrogens is 2. The molecule has 5 heteroatoms. The van der Waals surface area contributed by atoms with E-state index >= 15 is 0 Å². The monoisotopic (exact) mass is 296 g/mol. The van der Waals surface area contributed by atoms with E-state index in [0.717, 1.165) is 22.5 Å². The highest BCUT2D eigenvalue weighted by atomic mass is 32.1. The van der Waals surface area contributed by atoms with Crippen LogP contribution in [0.15, 0.2) is 36.7 Å². The molecule has 1 aliphatic carbocycles. The van der Waals surface area contributed by atoms with E-state index in [1.54, 1.807) is 17.7 Å². The Morgan fingerprint density at radius 3 is 3.05 bits per heavy atom. The maximum Gasteiger partial charge on any atom is 0.138 e. The van der Waals surface area contributed by atoms with E-state index in [1.165, 1.54) is 16.0 Å². The topological polar surface area (TPSA) is 63.8 Å². The van der Waals surface area contributed by atoms with E-state index in [2.05, 4.69) is 52.5 Å². The molecule has 0 radical (unpaired) electrons. The van der Waals surface area contributed by atoms with Crippen molar-refractivity contribution >= 4 is 27.4 Å². The Morgan fingerprint density at radius 1 is 1.29 bits per heavy atom. The molecule has 0 amide bonds. The first-order chi connectivity index (χ1) is 10.2. The largest absolute Gasteiger partial charge is 0.361 e. The lowest BCUT2D eigenvalue weighted by atomic mass is 10.1. The average Bonchev–Trinajstić information content (AvgIpc) is 3.00. The zero-order valence-electron chi connectivity index (χ0n) is 11.7. The minimum atomic E-state index is 0.0761. The first-order valence-corrected chi connectivity index (χ1v) is 7.85. The third kappa shape index (κ3) is 2.09. The number of aryl methyl sites for hydroxylation is 1. The number of fused-ring (bicyclic) bond motifs is 2. The number of rotatable bonds is 2. The number of anilines is 1. The number of thiophene rings is 1. The van der Waals surface area contributed by atoms with Gasteiger partial charge in [0.1, 0.15) is 17.0 Å². The van der Waals surface area contributed by atoms with Crippen LogP contribution in [-0.2, 0) is 6.42 Å². The number of hydrogen-bond donors (Lipinski definition) is 2. The van der Waals surface area contributed by atoms with Crippen LogP contribution >= 0.6 is 11.3 Å². The summed E-state index contributed by atoms with van der Waals surface area (Å²) in [6, 6.07) is 10.8. The van der Waals surface area contributed by atoms with Crippen LogP contribution in [0.5, 0.6) is 0 Å². The van der Waals surface area contributed by atoms with Crippen LogP contribution in [0, 0.1) is 6.92 Å².